The van der Waals surface area contributed by atoms with Gasteiger partial charge in [0.1, 0.15) is 5.01 Å². The maximum atomic E-state index is 12.7. The zero-order valence-corrected chi connectivity index (χ0v) is 14.6. The number of para-hydroxylation sites is 1. The van der Waals surface area contributed by atoms with Crippen LogP contribution in [0.4, 0.5) is 4.79 Å². The van der Waals surface area contributed by atoms with E-state index in [2.05, 4.69) is 11.4 Å². The maximum absolute atomic E-state index is 12.7. The van der Waals surface area contributed by atoms with E-state index in [-0.39, 0.29) is 18.2 Å². The molecule has 4 rings (SSSR count). The minimum absolute atomic E-state index is 0.0226. The van der Waals surface area contributed by atoms with Gasteiger partial charge in [-0.25, -0.2) is 9.78 Å². The zero-order valence-electron chi connectivity index (χ0n) is 13.7. The molecule has 2 aliphatic heterocycles. The van der Waals surface area contributed by atoms with Gasteiger partial charge in [0.15, 0.2) is 0 Å². The largest absolute Gasteiger partial charge is 0.376 e. The molecule has 5 nitrogen and oxygen atoms in total. The number of ether oxygens (including phenoxy) is 1. The molecule has 128 valence electrons. The highest BCUT2D eigenvalue weighted by Crippen LogP contribution is 2.35. The van der Waals surface area contributed by atoms with Crippen molar-refractivity contribution in [1.82, 2.24) is 15.2 Å². The van der Waals surface area contributed by atoms with E-state index < -0.39 is 0 Å². The number of nitrogens with zero attached hydrogens (tertiary/aromatic N) is 2. The summed E-state index contributed by atoms with van der Waals surface area (Å²) in [5.74, 6) is 0. The number of carbonyl (C=O) groups excluding carboxylic acids is 1. The van der Waals surface area contributed by atoms with Gasteiger partial charge in [-0.3, -0.25) is 0 Å². The fourth-order valence-electron chi connectivity index (χ4n) is 3.57. The van der Waals surface area contributed by atoms with Crippen LogP contribution < -0.4 is 5.32 Å². The molecule has 2 amide bonds. The van der Waals surface area contributed by atoms with Gasteiger partial charge < -0.3 is 15.0 Å². The number of urea groups is 1. The molecule has 0 radical (unpaired) electrons. The Bertz CT molecular complexity index is 678. The number of piperidine rings is 1. The molecule has 2 saturated heterocycles. The van der Waals surface area contributed by atoms with E-state index in [1.807, 2.05) is 23.1 Å². The number of hydrogen-bond donors (Lipinski definition) is 1. The Hall–Kier alpha value is -1.66. The monoisotopic (exact) mass is 345 g/mol. The Labute approximate surface area is 146 Å². The van der Waals surface area contributed by atoms with Crippen molar-refractivity contribution in [3.63, 3.8) is 0 Å². The van der Waals surface area contributed by atoms with Crippen LogP contribution in [-0.2, 0) is 4.74 Å². The van der Waals surface area contributed by atoms with Crippen molar-refractivity contribution in [2.45, 2.75) is 44.2 Å². The molecule has 0 bridgehead atoms. The van der Waals surface area contributed by atoms with Crippen molar-refractivity contribution < 1.29 is 9.53 Å². The van der Waals surface area contributed by atoms with Crippen molar-refractivity contribution in [1.29, 1.82) is 0 Å². The minimum Gasteiger partial charge on any atom is -0.376 e. The Morgan fingerprint density at radius 3 is 3.04 bits per heavy atom. The lowest BCUT2D eigenvalue weighted by molar-refractivity contribution is 0.104. The predicted octanol–water partition coefficient (Wildman–Crippen LogP) is 3.71. The first-order valence-electron chi connectivity index (χ1n) is 8.83. The van der Waals surface area contributed by atoms with E-state index in [1.54, 1.807) is 11.3 Å². The lowest BCUT2D eigenvalue weighted by atomic mass is 10.0. The molecular weight excluding hydrogens is 322 g/mol. The molecule has 3 heterocycles. The average molecular weight is 345 g/mol. The van der Waals surface area contributed by atoms with E-state index in [0.717, 1.165) is 55.8 Å². The number of benzene rings is 1. The molecule has 2 aliphatic rings. The summed E-state index contributed by atoms with van der Waals surface area (Å²) in [6, 6.07) is 8.31. The van der Waals surface area contributed by atoms with Gasteiger partial charge in [0.05, 0.1) is 22.4 Å². The van der Waals surface area contributed by atoms with Gasteiger partial charge in [-0.05, 0) is 44.2 Å². The van der Waals surface area contributed by atoms with Gasteiger partial charge in [-0.2, -0.15) is 0 Å². The highest BCUT2D eigenvalue weighted by molar-refractivity contribution is 7.18. The third-order valence-electron chi connectivity index (χ3n) is 4.86. The van der Waals surface area contributed by atoms with Crippen LogP contribution in [0.3, 0.4) is 0 Å². The number of nitrogens with one attached hydrogen (secondary N) is 1. The average Bonchev–Trinajstić information content (AvgIpc) is 3.29. The number of carbonyl (C=O) groups is 1. The summed E-state index contributed by atoms with van der Waals surface area (Å²) in [6.45, 7) is 2.23. The van der Waals surface area contributed by atoms with Gasteiger partial charge in [0, 0.05) is 19.7 Å². The molecule has 1 N–H and O–H groups in total. The van der Waals surface area contributed by atoms with Gasteiger partial charge in [0.2, 0.25) is 0 Å². The van der Waals surface area contributed by atoms with Gasteiger partial charge in [-0.1, -0.05) is 12.1 Å². The summed E-state index contributed by atoms with van der Waals surface area (Å²) in [5.41, 5.74) is 1.03. The molecule has 2 fully saturated rings. The van der Waals surface area contributed by atoms with Crippen LogP contribution in [0.25, 0.3) is 10.2 Å². The molecule has 1 aromatic heterocycles. The number of likely N-dealkylation sites (tertiary alicyclic amines) is 1. The number of hydrogen-bond acceptors (Lipinski definition) is 4. The fourth-order valence-corrected chi connectivity index (χ4v) is 4.69. The van der Waals surface area contributed by atoms with Crippen LogP contribution in [0.1, 0.15) is 43.2 Å². The molecule has 2 aromatic rings. The maximum Gasteiger partial charge on any atom is 0.318 e. The van der Waals surface area contributed by atoms with E-state index in [1.165, 1.54) is 4.70 Å². The molecular formula is C18H23N3O2S. The van der Waals surface area contributed by atoms with Crippen LogP contribution in [-0.4, -0.2) is 41.7 Å². The second-order valence-corrected chi connectivity index (χ2v) is 7.61. The third kappa shape index (κ3) is 3.26. The Balaban J connectivity index is 1.48. The Kier molecular flexibility index (Phi) is 4.67. The van der Waals surface area contributed by atoms with Crippen molar-refractivity contribution in [3.05, 3.63) is 29.3 Å². The van der Waals surface area contributed by atoms with Crippen LogP contribution >= 0.6 is 11.3 Å². The second-order valence-electron chi connectivity index (χ2n) is 6.55. The zero-order chi connectivity index (χ0) is 16.4. The van der Waals surface area contributed by atoms with Crippen molar-refractivity contribution in [2.24, 2.45) is 0 Å². The van der Waals surface area contributed by atoms with Crippen molar-refractivity contribution in [3.8, 4) is 0 Å². The van der Waals surface area contributed by atoms with E-state index in [4.69, 9.17) is 9.72 Å². The molecule has 1 aromatic carbocycles. The smallest absolute Gasteiger partial charge is 0.318 e. The number of fused-ring (bicyclic) bond motifs is 1. The van der Waals surface area contributed by atoms with Crippen molar-refractivity contribution in [2.75, 3.05) is 19.7 Å². The summed E-state index contributed by atoms with van der Waals surface area (Å²) in [6.07, 6.45) is 5.53. The first-order chi connectivity index (χ1) is 11.8. The SMILES string of the molecule is O=C(NC[C@@H]1CCCO1)N1CCCC[C@H]1c1nc2ccccc2s1. The fraction of sp³-hybridized carbons (Fsp3) is 0.556. The van der Waals surface area contributed by atoms with Gasteiger partial charge >= 0.3 is 6.03 Å². The van der Waals surface area contributed by atoms with Gasteiger partial charge in [0.25, 0.3) is 0 Å². The summed E-state index contributed by atoms with van der Waals surface area (Å²) in [4.78, 5) is 19.4. The molecule has 0 unspecified atom stereocenters. The molecule has 6 heteroatoms. The first-order valence-corrected chi connectivity index (χ1v) is 9.64. The van der Waals surface area contributed by atoms with Crippen LogP contribution in [0.5, 0.6) is 0 Å². The quantitative estimate of drug-likeness (QED) is 0.922. The predicted molar refractivity (Wildman–Crippen MR) is 95.3 cm³/mol. The molecule has 0 spiro atoms. The lowest BCUT2D eigenvalue weighted by Crippen LogP contribution is -2.46. The summed E-state index contributed by atoms with van der Waals surface area (Å²) in [5, 5.41) is 4.13. The Morgan fingerprint density at radius 2 is 2.21 bits per heavy atom. The number of amides is 2. The number of aromatic nitrogens is 1. The molecule has 0 saturated carbocycles. The topological polar surface area (TPSA) is 54.5 Å². The number of rotatable bonds is 3. The molecule has 0 aliphatic carbocycles. The van der Waals surface area contributed by atoms with Gasteiger partial charge in [-0.15, -0.1) is 11.3 Å². The van der Waals surface area contributed by atoms with E-state index in [9.17, 15) is 4.79 Å². The van der Waals surface area contributed by atoms with E-state index >= 15 is 0 Å². The number of thiazole rings is 1. The Morgan fingerprint density at radius 1 is 1.29 bits per heavy atom. The van der Waals surface area contributed by atoms with Crippen LogP contribution in [0.15, 0.2) is 24.3 Å². The highest BCUT2D eigenvalue weighted by atomic mass is 32.1. The van der Waals surface area contributed by atoms with Crippen LogP contribution in [0.2, 0.25) is 0 Å². The highest BCUT2D eigenvalue weighted by Gasteiger charge is 2.30. The first kappa shape index (κ1) is 15.8. The van der Waals surface area contributed by atoms with E-state index in [0.29, 0.717) is 6.54 Å². The summed E-state index contributed by atoms with van der Waals surface area (Å²) < 4.78 is 6.79. The molecule has 2 atom stereocenters. The van der Waals surface area contributed by atoms with Crippen molar-refractivity contribution >= 4 is 27.6 Å². The lowest BCUT2D eigenvalue weighted by Gasteiger charge is -2.34. The molecule has 24 heavy (non-hydrogen) atoms. The summed E-state index contributed by atoms with van der Waals surface area (Å²) in [7, 11) is 0. The van der Waals surface area contributed by atoms with Crippen LogP contribution in [0, 0.1) is 0 Å². The summed E-state index contributed by atoms with van der Waals surface area (Å²) >= 11 is 1.71. The minimum atomic E-state index is 0.0226. The normalized spacial score (nSPS) is 24.4. The standard InChI is InChI=1S/C18H23N3O2S/c22-18(19-12-13-6-5-11-23-13)21-10-4-3-8-15(21)17-20-14-7-1-2-9-16(14)24-17/h1-2,7,9,13,15H,3-6,8,10-12H2,(H,19,22)/t13-,15-/m0/s1. The third-order valence-corrected chi connectivity index (χ3v) is 6.00. The second kappa shape index (κ2) is 7.07.